The monoisotopic (exact) mass is 776 g/mol. The molecule has 310 valence electrons. The van der Waals surface area contributed by atoms with Crippen molar-refractivity contribution in [2.75, 3.05) is 32.8 Å². The average molecular weight is 777 g/mol. The van der Waals surface area contributed by atoms with Crippen molar-refractivity contribution in [3.63, 3.8) is 0 Å². The highest BCUT2D eigenvalue weighted by Crippen LogP contribution is 2.22. The van der Waals surface area contributed by atoms with Crippen molar-refractivity contribution in [1.82, 2.24) is 26.6 Å². The maximum absolute atomic E-state index is 13.0. The molecule has 2 aliphatic heterocycles. The van der Waals surface area contributed by atoms with Gasteiger partial charge in [-0.25, -0.2) is 14.6 Å². The van der Waals surface area contributed by atoms with Crippen molar-refractivity contribution in [2.24, 2.45) is 39.4 Å². The van der Waals surface area contributed by atoms with E-state index < -0.39 is 85.4 Å². The summed E-state index contributed by atoms with van der Waals surface area (Å²) in [5.74, 6) is -2.58. The first-order valence-electron chi connectivity index (χ1n) is 18.0. The topological polar surface area (TPSA) is 413 Å². The first-order chi connectivity index (χ1) is 25.6. The summed E-state index contributed by atoms with van der Waals surface area (Å²) < 4.78 is 10.5. The van der Waals surface area contributed by atoms with Gasteiger partial charge in [-0.2, -0.15) is 0 Å². The molecular formula is C31H60N12O11. The van der Waals surface area contributed by atoms with Crippen molar-refractivity contribution < 1.29 is 53.9 Å². The highest BCUT2D eigenvalue weighted by atomic mass is 16.6. The number of amides is 4. The summed E-state index contributed by atoms with van der Waals surface area (Å²) in [5.41, 5.74) is 34.1. The minimum Gasteiger partial charge on any atom is -0.480 e. The molecule has 1 saturated heterocycles. The van der Waals surface area contributed by atoms with E-state index in [9.17, 15) is 44.4 Å². The summed E-state index contributed by atoms with van der Waals surface area (Å²) in [5, 5.41) is 54.9. The van der Waals surface area contributed by atoms with Gasteiger partial charge >= 0.3 is 12.1 Å². The summed E-state index contributed by atoms with van der Waals surface area (Å²) in [6, 6.07) is -5.24. The number of nitrogens with zero attached hydrogens (tertiary/aromatic N) is 1. The minimum absolute atomic E-state index is 0.0852. The number of aliphatic hydroxyl groups excluding tert-OH is 3. The number of carbonyl (C=O) groups is 5. The molecular weight excluding hydrogens is 716 g/mol. The predicted octanol–water partition coefficient (Wildman–Crippen LogP) is -6.61. The van der Waals surface area contributed by atoms with Gasteiger partial charge in [0.15, 0.2) is 18.2 Å². The fourth-order valence-corrected chi connectivity index (χ4v) is 5.89. The zero-order valence-electron chi connectivity index (χ0n) is 30.3. The van der Waals surface area contributed by atoms with E-state index >= 15 is 0 Å². The molecule has 0 radical (unpaired) electrons. The van der Waals surface area contributed by atoms with Crippen LogP contribution in [0.15, 0.2) is 4.99 Å². The van der Waals surface area contributed by atoms with Crippen molar-refractivity contribution in [3.8, 4) is 0 Å². The van der Waals surface area contributed by atoms with Gasteiger partial charge < -0.3 is 90.9 Å². The van der Waals surface area contributed by atoms with Crippen molar-refractivity contribution >= 4 is 35.7 Å². The summed E-state index contributed by atoms with van der Waals surface area (Å²) in [6.45, 7) is 0.361. The van der Waals surface area contributed by atoms with Crippen LogP contribution < -0.4 is 61.0 Å². The normalized spacial score (nSPS) is 25.9. The molecule has 54 heavy (non-hydrogen) atoms. The number of ether oxygens (including phenoxy) is 2. The number of primary amides is 1. The number of aliphatic carboxylic acids is 1. The maximum atomic E-state index is 13.0. The van der Waals surface area contributed by atoms with E-state index in [0.717, 1.165) is 6.42 Å². The molecule has 0 aromatic heterocycles. The van der Waals surface area contributed by atoms with E-state index in [0.29, 0.717) is 45.2 Å². The van der Waals surface area contributed by atoms with Crippen LogP contribution in [-0.2, 0) is 28.7 Å². The molecule has 0 aliphatic carbocycles. The zero-order valence-corrected chi connectivity index (χ0v) is 30.3. The van der Waals surface area contributed by atoms with Crippen molar-refractivity contribution in [2.45, 2.75) is 125 Å². The number of rotatable bonds is 24. The van der Waals surface area contributed by atoms with Crippen LogP contribution in [0, 0.1) is 0 Å². The first kappa shape index (κ1) is 46.2. The number of aliphatic imine (C=N–C) groups is 1. The molecule has 21 N–H and O–H groups in total. The molecule has 0 spiro atoms. The number of carboxylic acids is 1. The fourth-order valence-electron chi connectivity index (χ4n) is 5.89. The third-order valence-corrected chi connectivity index (χ3v) is 8.83. The Balaban J connectivity index is 1.83. The highest BCUT2D eigenvalue weighted by Gasteiger charge is 2.47. The Morgan fingerprint density at radius 2 is 1.39 bits per heavy atom. The van der Waals surface area contributed by atoms with Crippen LogP contribution in [0.2, 0.25) is 0 Å². The van der Waals surface area contributed by atoms with Gasteiger partial charge in [-0.05, 0) is 45.1 Å². The number of nitrogens with two attached hydrogens (primary N) is 6. The van der Waals surface area contributed by atoms with E-state index in [2.05, 4.69) is 31.6 Å². The lowest BCUT2D eigenvalue weighted by atomic mass is 9.95. The van der Waals surface area contributed by atoms with Crippen LogP contribution in [0.4, 0.5) is 4.79 Å². The lowest BCUT2D eigenvalue weighted by Gasteiger charge is -2.43. The average Bonchev–Trinajstić information content (AvgIpc) is 3.54. The van der Waals surface area contributed by atoms with Crippen LogP contribution >= 0.6 is 0 Å². The van der Waals surface area contributed by atoms with Gasteiger partial charge in [0.05, 0.1) is 12.1 Å². The Labute approximate surface area is 313 Å². The molecule has 2 rings (SSSR count). The molecule has 0 aromatic carbocycles. The van der Waals surface area contributed by atoms with Crippen LogP contribution in [-0.4, -0.2) is 156 Å². The SMILES string of the molecule is NCCCC(N)CC(=O)NCCCC(N)CC(=O)NCCCC(N)CC(=O)NC1C(NC2=N[C@H](C(=O)O)[C@@H]([C@H](O)CN)N2)OC(COC(N)=O)C(O)C1O. The van der Waals surface area contributed by atoms with Crippen LogP contribution in [0.25, 0.3) is 0 Å². The Hall–Kier alpha value is -3.94. The predicted molar refractivity (Wildman–Crippen MR) is 193 cm³/mol. The highest BCUT2D eigenvalue weighted by molar-refractivity contribution is 5.89. The molecule has 2 heterocycles. The number of nitrogens with one attached hydrogen (secondary N) is 5. The van der Waals surface area contributed by atoms with E-state index in [1.165, 1.54) is 0 Å². The number of carboxylic acid groups (broad SMARTS) is 1. The second kappa shape index (κ2) is 23.8. The van der Waals surface area contributed by atoms with Crippen molar-refractivity contribution in [1.29, 1.82) is 0 Å². The number of hydrogen-bond acceptors (Lipinski definition) is 18. The number of guanidine groups is 1. The lowest BCUT2D eigenvalue weighted by molar-refractivity contribution is -0.198. The van der Waals surface area contributed by atoms with Gasteiger partial charge in [0.1, 0.15) is 31.0 Å². The molecule has 0 aromatic rings. The van der Waals surface area contributed by atoms with Gasteiger partial charge in [0, 0.05) is 57.0 Å². The smallest absolute Gasteiger partial charge is 0.404 e. The molecule has 1 fully saturated rings. The molecule has 23 nitrogen and oxygen atoms in total. The molecule has 23 heteroatoms. The van der Waals surface area contributed by atoms with Gasteiger partial charge in [-0.15, -0.1) is 0 Å². The number of hydrogen-bond donors (Lipinski definition) is 15. The number of aliphatic hydroxyl groups is 3. The van der Waals surface area contributed by atoms with E-state index in [-0.39, 0.29) is 56.2 Å². The van der Waals surface area contributed by atoms with Crippen LogP contribution in [0.3, 0.4) is 0 Å². The Bertz CT molecular complexity index is 1250. The van der Waals surface area contributed by atoms with Gasteiger partial charge in [-0.3, -0.25) is 14.4 Å². The number of carbonyl (C=O) groups excluding carboxylic acids is 4. The molecule has 11 atom stereocenters. The third kappa shape index (κ3) is 16.2. The standard InChI is InChI=1S/C31H60N12O11/c32-7-1-4-15(34)10-20(45)38-8-2-5-16(35)11-21(46)39-9-3-6-17(36)12-22(47)40-25-27(49)26(48)19(14-53-30(37)52)54-28(25)43-31-41-23(18(44)13-33)24(42-31)29(50)51/h15-19,23-28,44,48-49H,1-14,32-36H2,(H2,37,52)(H,38,45)(H,39,46)(H,40,47)(H,50,51)(H2,41,42,43)/t15?,16?,17?,18-,19?,23-,24+,25?,26?,27?,28?/m1/s1. The summed E-state index contributed by atoms with van der Waals surface area (Å²) >= 11 is 0. The summed E-state index contributed by atoms with van der Waals surface area (Å²) in [7, 11) is 0. The van der Waals surface area contributed by atoms with Crippen LogP contribution in [0.5, 0.6) is 0 Å². The van der Waals surface area contributed by atoms with E-state index in [1.54, 1.807) is 0 Å². The summed E-state index contributed by atoms with van der Waals surface area (Å²) in [4.78, 5) is 64.3. The Kier molecular flexibility index (Phi) is 20.3. The van der Waals surface area contributed by atoms with Crippen molar-refractivity contribution in [3.05, 3.63) is 0 Å². The lowest BCUT2D eigenvalue weighted by Crippen LogP contribution is -2.69. The van der Waals surface area contributed by atoms with E-state index in [1.807, 2.05) is 0 Å². The fraction of sp³-hybridized carbons (Fsp3) is 0.806. The Morgan fingerprint density at radius 3 is 1.89 bits per heavy atom. The minimum atomic E-state index is -1.70. The zero-order chi connectivity index (χ0) is 40.4. The largest absolute Gasteiger partial charge is 0.480 e. The molecule has 8 unspecified atom stereocenters. The second-order valence-corrected chi connectivity index (χ2v) is 13.5. The maximum Gasteiger partial charge on any atom is 0.404 e. The van der Waals surface area contributed by atoms with Gasteiger partial charge in [0.25, 0.3) is 0 Å². The van der Waals surface area contributed by atoms with E-state index in [4.69, 9.17) is 43.9 Å². The second-order valence-electron chi connectivity index (χ2n) is 13.5. The molecule has 0 saturated carbocycles. The molecule has 2 aliphatic rings. The first-order valence-corrected chi connectivity index (χ1v) is 18.0. The third-order valence-electron chi connectivity index (χ3n) is 8.83. The summed E-state index contributed by atoms with van der Waals surface area (Å²) in [6.07, 6.45) is -5.16. The van der Waals surface area contributed by atoms with Gasteiger partial charge in [0.2, 0.25) is 17.7 Å². The van der Waals surface area contributed by atoms with Gasteiger partial charge in [-0.1, -0.05) is 0 Å². The van der Waals surface area contributed by atoms with Crippen LogP contribution in [0.1, 0.15) is 57.8 Å². The quantitative estimate of drug-likeness (QED) is 0.0405. The Morgan fingerprint density at radius 1 is 0.852 bits per heavy atom. The molecule has 4 amide bonds. The molecule has 0 bridgehead atoms.